The number of carbonyl (C=O) groups excluding carboxylic acids is 1. The first-order chi connectivity index (χ1) is 14.7. The van der Waals surface area contributed by atoms with Gasteiger partial charge in [0.15, 0.2) is 0 Å². The summed E-state index contributed by atoms with van der Waals surface area (Å²) in [5.41, 5.74) is -0.676. The minimum absolute atomic E-state index is 0.0416. The van der Waals surface area contributed by atoms with Gasteiger partial charge in [-0.1, -0.05) is 54.6 Å². The van der Waals surface area contributed by atoms with E-state index in [1.165, 1.54) is 12.1 Å². The van der Waals surface area contributed by atoms with E-state index in [1.54, 1.807) is 43.3 Å². The molecule has 0 bridgehead atoms. The average molecular weight is 427 g/mol. The SMILES string of the molecule is CC(NC(=O)c1cc(=O)[nH]c(-c2ccccc2)n1)c1ccc(C2(C(F)(F)F)CC2)cc1. The van der Waals surface area contributed by atoms with Crippen LogP contribution in [-0.4, -0.2) is 22.1 Å². The van der Waals surface area contributed by atoms with Gasteiger partial charge in [0.25, 0.3) is 11.5 Å². The zero-order valence-corrected chi connectivity index (χ0v) is 16.7. The molecule has 2 aromatic carbocycles. The van der Waals surface area contributed by atoms with Crippen molar-refractivity contribution < 1.29 is 18.0 Å². The fourth-order valence-electron chi connectivity index (χ4n) is 3.61. The van der Waals surface area contributed by atoms with Gasteiger partial charge >= 0.3 is 6.18 Å². The predicted molar refractivity (Wildman–Crippen MR) is 110 cm³/mol. The van der Waals surface area contributed by atoms with Crippen LogP contribution in [-0.2, 0) is 5.41 Å². The predicted octanol–water partition coefficient (Wildman–Crippen LogP) is 4.52. The lowest BCUT2D eigenvalue weighted by Gasteiger charge is -2.21. The summed E-state index contributed by atoms with van der Waals surface area (Å²) in [5.74, 6) is -0.272. The molecule has 1 aliphatic carbocycles. The number of aromatic nitrogens is 2. The number of amides is 1. The Morgan fingerprint density at radius 3 is 2.32 bits per heavy atom. The highest BCUT2D eigenvalue weighted by Crippen LogP contribution is 2.58. The molecule has 0 aliphatic heterocycles. The third-order valence-electron chi connectivity index (χ3n) is 5.63. The summed E-state index contributed by atoms with van der Waals surface area (Å²) in [6, 6.07) is 15.7. The van der Waals surface area contributed by atoms with Crippen LogP contribution in [0.5, 0.6) is 0 Å². The third-order valence-corrected chi connectivity index (χ3v) is 5.63. The van der Waals surface area contributed by atoms with Gasteiger partial charge in [0.1, 0.15) is 11.5 Å². The van der Waals surface area contributed by atoms with Gasteiger partial charge in [-0.15, -0.1) is 0 Å². The van der Waals surface area contributed by atoms with Crippen LogP contribution in [0.1, 0.15) is 47.4 Å². The number of nitrogens with zero attached hydrogens (tertiary/aromatic N) is 1. The minimum atomic E-state index is -4.27. The number of H-pyrrole nitrogens is 1. The van der Waals surface area contributed by atoms with Gasteiger partial charge in [-0.05, 0) is 30.9 Å². The van der Waals surface area contributed by atoms with Crippen molar-refractivity contribution in [3.05, 3.63) is 87.8 Å². The molecular weight excluding hydrogens is 407 g/mol. The summed E-state index contributed by atoms with van der Waals surface area (Å²) in [6.45, 7) is 1.72. The Hall–Kier alpha value is -3.42. The minimum Gasteiger partial charge on any atom is -0.344 e. The number of nitrogens with one attached hydrogen (secondary N) is 2. The molecule has 160 valence electrons. The Kier molecular flexibility index (Phi) is 5.16. The lowest BCUT2D eigenvalue weighted by atomic mass is 9.93. The van der Waals surface area contributed by atoms with Crippen LogP contribution in [0.3, 0.4) is 0 Å². The summed E-state index contributed by atoms with van der Waals surface area (Å²) in [4.78, 5) is 31.5. The maximum Gasteiger partial charge on any atom is 0.398 e. The summed E-state index contributed by atoms with van der Waals surface area (Å²) in [5, 5.41) is 2.75. The number of halogens is 3. The Bertz CT molecular complexity index is 1150. The van der Waals surface area contributed by atoms with Crippen molar-refractivity contribution in [3.8, 4) is 11.4 Å². The van der Waals surface area contributed by atoms with E-state index in [4.69, 9.17) is 0 Å². The lowest BCUT2D eigenvalue weighted by molar-refractivity contribution is -0.160. The summed E-state index contributed by atoms with van der Waals surface area (Å²) < 4.78 is 39.9. The van der Waals surface area contributed by atoms with E-state index in [2.05, 4.69) is 15.3 Å². The number of rotatable bonds is 5. The normalized spacial score (nSPS) is 15.9. The largest absolute Gasteiger partial charge is 0.398 e. The molecule has 0 saturated heterocycles. The highest BCUT2D eigenvalue weighted by molar-refractivity contribution is 5.92. The molecule has 1 amide bonds. The molecule has 4 rings (SSSR count). The number of alkyl halides is 3. The fourth-order valence-corrected chi connectivity index (χ4v) is 3.61. The lowest BCUT2D eigenvalue weighted by Crippen LogP contribution is -2.30. The Balaban J connectivity index is 1.50. The van der Waals surface area contributed by atoms with Crippen molar-refractivity contribution in [2.45, 2.75) is 37.4 Å². The van der Waals surface area contributed by atoms with Crippen molar-refractivity contribution in [2.24, 2.45) is 0 Å². The molecule has 1 fully saturated rings. The topological polar surface area (TPSA) is 74.8 Å². The van der Waals surface area contributed by atoms with Gasteiger partial charge in [0.2, 0.25) is 0 Å². The van der Waals surface area contributed by atoms with Gasteiger partial charge in [-0.25, -0.2) is 4.98 Å². The van der Waals surface area contributed by atoms with Gasteiger partial charge in [-0.3, -0.25) is 9.59 Å². The first-order valence-corrected chi connectivity index (χ1v) is 9.84. The van der Waals surface area contributed by atoms with Crippen molar-refractivity contribution in [1.29, 1.82) is 0 Å². The van der Waals surface area contributed by atoms with Crippen LogP contribution in [0.25, 0.3) is 11.4 Å². The molecule has 1 atom stereocenters. The summed E-state index contributed by atoms with van der Waals surface area (Å²) in [6.07, 6.45) is -4.07. The van der Waals surface area contributed by atoms with Gasteiger partial charge in [-0.2, -0.15) is 13.2 Å². The van der Waals surface area contributed by atoms with E-state index in [1.807, 2.05) is 6.07 Å². The molecule has 0 radical (unpaired) electrons. The van der Waals surface area contributed by atoms with Crippen LogP contribution in [0.15, 0.2) is 65.5 Å². The maximum absolute atomic E-state index is 13.3. The Labute approximate surface area is 176 Å². The molecule has 1 aromatic heterocycles. The van der Waals surface area contributed by atoms with E-state index in [-0.39, 0.29) is 29.9 Å². The molecule has 31 heavy (non-hydrogen) atoms. The van der Waals surface area contributed by atoms with Crippen LogP contribution in [0, 0.1) is 0 Å². The van der Waals surface area contributed by atoms with E-state index >= 15 is 0 Å². The van der Waals surface area contributed by atoms with Crippen molar-refractivity contribution in [3.63, 3.8) is 0 Å². The molecule has 8 heteroatoms. The smallest absolute Gasteiger partial charge is 0.344 e. The van der Waals surface area contributed by atoms with Crippen molar-refractivity contribution in [1.82, 2.24) is 15.3 Å². The van der Waals surface area contributed by atoms with Gasteiger partial charge in [0.05, 0.1) is 11.5 Å². The van der Waals surface area contributed by atoms with Crippen molar-refractivity contribution in [2.75, 3.05) is 0 Å². The van der Waals surface area contributed by atoms with Crippen molar-refractivity contribution >= 4 is 5.91 Å². The monoisotopic (exact) mass is 427 g/mol. The average Bonchev–Trinajstić information content (AvgIpc) is 3.56. The molecule has 0 spiro atoms. The first-order valence-electron chi connectivity index (χ1n) is 9.84. The highest BCUT2D eigenvalue weighted by atomic mass is 19.4. The number of aromatic amines is 1. The van der Waals surface area contributed by atoms with E-state index in [0.717, 1.165) is 6.07 Å². The number of benzene rings is 2. The fraction of sp³-hybridized carbons (Fsp3) is 0.261. The highest BCUT2D eigenvalue weighted by Gasteiger charge is 2.64. The Morgan fingerprint density at radius 1 is 1.10 bits per heavy atom. The molecule has 1 heterocycles. The number of carbonyl (C=O) groups is 1. The van der Waals surface area contributed by atoms with Gasteiger partial charge < -0.3 is 10.3 Å². The van der Waals surface area contributed by atoms with Crippen LogP contribution in [0.2, 0.25) is 0 Å². The van der Waals surface area contributed by atoms with Crippen LogP contribution < -0.4 is 10.9 Å². The Morgan fingerprint density at radius 2 is 1.74 bits per heavy atom. The second kappa shape index (κ2) is 7.68. The molecule has 5 nitrogen and oxygen atoms in total. The van der Waals surface area contributed by atoms with E-state index in [0.29, 0.717) is 11.1 Å². The molecule has 2 N–H and O–H groups in total. The zero-order valence-electron chi connectivity index (χ0n) is 16.7. The zero-order chi connectivity index (χ0) is 22.2. The van der Waals surface area contributed by atoms with E-state index in [9.17, 15) is 22.8 Å². The molecule has 1 aliphatic rings. The first kappa shape index (κ1) is 20.8. The molecule has 1 unspecified atom stereocenters. The third kappa shape index (κ3) is 4.10. The quantitative estimate of drug-likeness (QED) is 0.629. The second-order valence-electron chi connectivity index (χ2n) is 7.74. The standard InChI is InChI=1S/C23H20F3N3O2/c1-14(15-7-9-17(10-8-15)22(11-12-22)23(24,25)26)27-21(31)18-13-19(30)29-20(28-18)16-5-3-2-4-6-16/h2-10,13-14H,11-12H2,1H3,(H,27,31)(H,28,29,30). The summed E-state index contributed by atoms with van der Waals surface area (Å²) in [7, 11) is 0. The molecular formula is C23H20F3N3O2. The van der Waals surface area contributed by atoms with Crippen LogP contribution >= 0.6 is 0 Å². The van der Waals surface area contributed by atoms with Crippen LogP contribution in [0.4, 0.5) is 13.2 Å². The second-order valence-corrected chi connectivity index (χ2v) is 7.74. The molecule has 3 aromatic rings. The molecule has 1 saturated carbocycles. The van der Waals surface area contributed by atoms with Gasteiger partial charge in [0, 0.05) is 11.6 Å². The maximum atomic E-state index is 13.3. The summed E-state index contributed by atoms with van der Waals surface area (Å²) >= 11 is 0. The number of hydrogen-bond acceptors (Lipinski definition) is 3. The van der Waals surface area contributed by atoms with E-state index < -0.39 is 29.1 Å². The number of hydrogen-bond donors (Lipinski definition) is 2.